The fourth-order valence-electron chi connectivity index (χ4n) is 3.67. The molecule has 1 aliphatic rings. The Bertz CT molecular complexity index is 794. The molecular formula is C18H28N4O4S. The standard InChI is InChI=1S/C18H28N4O4S/c1-4-6-14(20-15-7-5-8-16(21-15)27(19,25)26)10-9-13-11-18(2,3)22(12-13)17(23)24/h4-5,7-8,13-14H,1,6,9-12H2,2-3H3,(H,20,21)(H,23,24)(H2,19,25,26)/t13-,14?/m0/s1. The van der Waals surface area contributed by atoms with Crippen molar-refractivity contribution in [3.63, 3.8) is 0 Å². The highest BCUT2D eigenvalue weighted by atomic mass is 32.2. The molecule has 0 saturated carbocycles. The molecule has 0 bridgehead atoms. The lowest BCUT2D eigenvalue weighted by molar-refractivity contribution is 0.117. The van der Waals surface area contributed by atoms with Crippen LogP contribution in [0.15, 0.2) is 35.9 Å². The van der Waals surface area contributed by atoms with Gasteiger partial charge in [-0.15, -0.1) is 6.58 Å². The van der Waals surface area contributed by atoms with Crippen LogP contribution in [0.2, 0.25) is 0 Å². The van der Waals surface area contributed by atoms with Crippen LogP contribution < -0.4 is 10.5 Å². The second-order valence-electron chi connectivity index (χ2n) is 7.62. The highest BCUT2D eigenvalue weighted by Gasteiger charge is 2.41. The molecule has 1 aromatic heterocycles. The second kappa shape index (κ2) is 8.26. The van der Waals surface area contributed by atoms with Crippen molar-refractivity contribution in [2.75, 3.05) is 11.9 Å². The normalized spacial score (nSPS) is 20.3. The van der Waals surface area contributed by atoms with E-state index < -0.39 is 16.1 Å². The number of carboxylic acid groups (broad SMARTS) is 1. The first-order valence-corrected chi connectivity index (χ1v) is 10.5. The number of primary sulfonamides is 1. The molecule has 1 aromatic rings. The van der Waals surface area contributed by atoms with E-state index in [-0.39, 0.29) is 22.5 Å². The van der Waals surface area contributed by atoms with Crippen molar-refractivity contribution < 1.29 is 18.3 Å². The minimum absolute atomic E-state index is 0.0210. The van der Waals surface area contributed by atoms with Crippen LogP contribution in [0.3, 0.4) is 0 Å². The Balaban J connectivity index is 2.01. The van der Waals surface area contributed by atoms with Crippen LogP contribution in [-0.2, 0) is 10.0 Å². The lowest BCUT2D eigenvalue weighted by atomic mass is 9.91. The molecule has 2 heterocycles. The maximum Gasteiger partial charge on any atom is 0.407 e. The number of carbonyl (C=O) groups is 1. The van der Waals surface area contributed by atoms with Gasteiger partial charge in [-0.3, -0.25) is 0 Å². The lowest BCUT2D eigenvalue weighted by Gasteiger charge is -2.28. The number of aromatic nitrogens is 1. The molecule has 0 aromatic carbocycles. The van der Waals surface area contributed by atoms with E-state index in [0.29, 0.717) is 18.8 Å². The van der Waals surface area contributed by atoms with Gasteiger partial charge in [0.05, 0.1) is 0 Å². The Kier molecular flexibility index (Phi) is 6.48. The zero-order chi connectivity index (χ0) is 20.2. The van der Waals surface area contributed by atoms with E-state index in [1.165, 1.54) is 11.0 Å². The summed E-state index contributed by atoms with van der Waals surface area (Å²) in [6.45, 7) is 8.20. The van der Waals surface area contributed by atoms with Crippen molar-refractivity contribution in [2.45, 2.75) is 56.1 Å². The van der Waals surface area contributed by atoms with Crippen LogP contribution in [0, 0.1) is 5.92 Å². The number of nitrogens with one attached hydrogen (secondary N) is 1. The van der Waals surface area contributed by atoms with E-state index >= 15 is 0 Å². The third-order valence-electron chi connectivity index (χ3n) is 4.93. The number of nitrogens with two attached hydrogens (primary N) is 1. The first-order valence-electron chi connectivity index (χ1n) is 8.91. The molecule has 0 spiro atoms. The lowest BCUT2D eigenvalue weighted by Crippen LogP contribution is -2.41. The highest BCUT2D eigenvalue weighted by Crippen LogP contribution is 2.35. The molecule has 1 aliphatic heterocycles. The summed E-state index contributed by atoms with van der Waals surface area (Å²) in [6.07, 6.45) is 4.06. The van der Waals surface area contributed by atoms with Crippen LogP contribution in [-0.4, -0.2) is 47.6 Å². The van der Waals surface area contributed by atoms with Gasteiger partial charge in [0.25, 0.3) is 10.0 Å². The predicted molar refractivity (Wildman–Crippen MR) is 104 cm³/mol. The minimum atomic E-state index is -3.86. The third-order valence-corrected chi connectivity index (χ3v) is 5.74. The van der Waals surface area contributed by atoms with E-state index in [1.54, 1.807) is 18.2 Å². The summed E-state index contributed by atoms with van der Waals surface area (Å²) in [6, 6.07) is 4.65. The van der Waals surface area contributed by atoms with E-state index in [0.717, 1.165) is 19.3 Å². The zero-order valence-electron chi connectivity index (χ0n) is 15.8. The monoisotopic (exact) mass is 396 g/mol. The summed E-state index contributed by atoms with van der Waals surface area (Å²) in [7, 11) is -3.86. The summed E-state index contributed by atoms with van der Waals surface area (Å²) in [5.41, 5.74) is -0.358. The molecule has 1 saturated heterocycles. The SMILES string of the molecule is C=CCC(CC[C@@H]1CN(C(=O)O)C(C)(C)C1)Nc1cccc(S(N)(=O)=O)n1. The summed E-state index contributed by atoms with van der Waals surface area (Å²) in [5.74, 6) is 0.723. The maximum atomic E-state index is 11.5. The van der Waals surface area contributed by atoms with Gasteiger partial charge in [-0.1, -0.05) is 12.1 Å². The fraction of sp³-hybridized carbons (Fsp3) is 0.556. The van der Waals surface area contributed by atoms with Gasteiger partial charge < -0.3 is 15.3 Å². The molecule has 8 nitrogen and oxygen atoms in total. The molecule has 0 aliphatic carbocycles. The number of sulfonamides is 1. The van der Waals surface area contributed by atoms with Gasteiger partial charge in [0.2, 0.25) is 0 Å². The number of amides is 1. The van der Waals surface area contributed by atoms with Crippen molar-refractivity contribution >= 4 is 21.9 Å². The average Bonchev–Trinajstić information content (AvgIpc) is 2.87. The molecule has 1 amide bonds. The van der Waals surface area contributed by atoms with Crippen LogP contribution in [0.4, 0.5) is 10.6 Å². The summed E-state index contributed by atoms with van der Waals surface area (Å²) >= 11 is 0. The number of likely N-dealkylation sites (tertiary alicyclic amines) is 1. The quantitative estimate of drug-likeness (QED) is 0.580. The molecular weight excluding hydrogens is 368 g/mol. The number of anilines is 1. The minimum Gasteiger partial charge on any atom is -0.465 e. The number of nitrogens with zero attached hydrogens (tertiary/aromatic N) is 2. The number of hydrogen-bond donors (Lipinski definition) is 3. The summed E-state index contributed by atoms with van der Waals surface area (Å²) in [4.78, 5) is 17.0. The van der Waals surface area contributed by atoms with Gasteiger partial charge in [0.1, 0.15) is 5.82 Å². The largest absolute Gasteiger partial charge is 0.465 e. The molecule has 9 heteroatoms. The average molecular weight is 397 g/mol. The first-order chi connectivity index (χ1) is 12.5. The van der Waals surface area contributed by atoms with E-state index in [9.17, 15) is 18.3 Å². The maximum absolute atomic E-state index is 11.5. The van der Waals surface area contributed by atoms with Crippen LogP contribution in [0.5, 0.6) is 0 Å². The van der Waals surface area contributed by atoms with Crippen molar-refractivity contribution in [1.82, 2.24) is 9.88 Å². The topological polar surface area (TPSA) is 126 Å². The predicted octanol–water partition coefficient (Wildman–Crippen LogP) is 2.64. The zero-order valence-corrected chi connectivity index (χ0v) is 16.6. The Morgan fingerprint density at radius 3 is 2.81 bits per heavy atom. The number of rotatable bonds is 8. The summed E-state index contributed by atoms with van der Waals surface area (Å²) < 4.78 is 22.9. The Labute approximate surface area is 160 Å². The number of pyridine rings is 1. The first kappa shape index (κ1) is 21.2. The Morgan fingerprint density at radius 1 is 1.56 bits per heavy atom. The van der Waals surface area contributed by atoms with Gasteiger partial charge in [-0.2, -0.15) is 0 Å². The highest BCUT2D eigenvalue weighted by molar-refractivity contribution is 7.89. The molecule has 27 heavy (non-hydrogen) atoms. The van der Waals surface area contributed by atoms with Crippen molar-refractivity contribution in [1.29, 1.82) is 0 Å². The van der Waals surface area contributed by atoms with Gasteiger partial charge in [0, 0.05) is 18.1 Å². The second-order valence-corrected chi connectivity index (χ2v) is 9.13. The van der Waals surface area contributed by atoms with E-state index in [2.05, 4.69) is 16.9 Å². The molecule has 2 rings (SSSR count). The Morgan fingerprint density at radius 2 is 2.26 bits per heavy atom. The molecule has 0 radical (unpaired) electrons. The van der Waals surface area contributed by atoms with Crippen LogP contribution in [0.1, 0.15) is 39.5 Å². The fourth-order valence-corrected chi connectivity index (χ4v) is 4.16. The van der Waals surface area contributed by atoms with E-state index in [1.807, 2.05) is 13.8 Å². The molecule has 2 atom stereocenters. The van der Waals surface area contributed by atoms with Gasteiger partial charge in [-0.25, -0.2) is 23.3 Å². The van der Waals surface area contributed by atoms with Crippen molar-refractivity contribution in [2.24, 2.45) is 11.1 Å². The van der Waals surface area contributed by atoms with Crippen LogP contribution >= 0.6 is 0 Å². The van der Waals surface area contributed by atoms with E-state index in [4.69, 9.17) is 5.14 Å². The number of hydrogen-bond acceptors (Lipinski definition) is 5. The molecule has 150 valence electrons. The molecule has 4 N–H and O–H groups in total. The van der Waals surface area contributed by atoms with Crippen molar-refractivity contribution in [3.8, 4) is 0 Å². The third kappa shape index (κ3) is 5.67. The molecule has 1 fully saturated rings. The van der Waals surface area contributed by atoms with Gasteiger partial charge in [0.15, 0.2) is 5.03 Å². The smallest absolute Gasteiger partial charge is 0.407 e. The van der Waals surface area contributed by atoms with Crippen molar-refractivity contribution in [3.05, 3.63) is 30.9 Å². The van der Waals surface area contributed by atoms with Gasteiger partial charge in [-0.05, 0) is 57.6 Å². The molecule has 1 unspecified atom stereocenters. The van der Waals surface area contributed by atoms with Gasteiger partial charge >= 0.3 is 6.09 Å². The Hall–Kier alpha value is -2.13. The van der Waals surface area contributed by atoms with Crippen LogP contribution in [0.25, 0.3) is 0 Å². The summed E-state index contributed by atoms with van der Waals surface area (Å²) in [5, 5.41) is 17.5.